The SMILES string of the molecule is C=C(C(N)CN1C[C@@H]2CC1CON2[C@H](c1ccc(F)cc1)C(C)C)N1C(C#N)CC2CC21. The molecule has 1 aromatic rings. The first kappa shape index (κ1) is 21.8. The van der Waals surface area contributed by atoms with E-state index in [1.165, 1.54) is 18.6 Å². The molecule has 172 valence electrons. The number of rotatable bonds is 7. The van der Waals surface area contributed by atoms with Crippen molar-refractivity contribution in [3.63, 3.8) is 0 Å². The normalized spacial score (nSPS) is 33.8. The van der Waals surface area contributed by atoms with E-state index in [9.17, 15) is 9.65 Å². The van der Waals surface area contributed by atoms with Gasteiger partial charge in [0.05, 0.1) is 30.8 Å². The van der Waals surface area contributed by atoms with Gasteiger partial charge in [0.2, 0.25) is 0 Å². The Morgan fingerprint density at radius 2 is 2.00 bits per heavy atom. The lowest BCUT2D eigenvalue weighted by Gasteiger charge is -2.40. The lowest BCUT2D eigenvalue weighted by Crippen LogP contribution is -2.47. The van der Waals surface area contributed by atoms with Crippen molar-refractivity contribution in [1.82, 2.24) is 14.9 Å². The third-order valence-corrected chi connectivity index (χ3v) is 7.84. The zero-order valence-corrected chi connectivity index (χ0v) is 19.0. The molecule has 32 heavy (non-hydrogen) atoms. The Hall–Kier alpha value is -1.98. The van der Waals surface area contributed by atoms with Gasteiger partial charge in [-0.1, -0.05) is 32.6 Å². The number of halogens is 1. The highest BCUT2D eigenvalue weighted by Crippen LogP contribution is 2.49. The number of nitriles is 1. The van der Waals surface area contributed by atoms with Gasteiger partial charge in [-0.05, 0) is 48.8 Å². The van der Waals surface area contributed by atoms with Crippen LogP contribution in [0.2, 0.25) is 0 Å². The Labute approximate surface area is 190 Å². The molecular formula is C25H34FN5O. The topological polar surface area (TPSA) is 68.8 Å². The summed E-state index contributed by atoms with van der Waals surface area (Å²) < 4.78 is 13.5. The van der Waals surface area contributed by atoms with Crippen molar-refractivity contribution >= 4 is 0 Å². The quantitative estimate of drug-likeness (QED) is 0.704. The summed E-state index contributed by atoms with van der Waals surface area (Å²) >= 11 is 0. The summed E-state index contributed by atoms with van der Waals surface area (Å²) in [5.74, 6) is 0.764. The van der Waals surface area contributed by atoms with Gasteiger partial charge >= 0.3 is 0 Å². The van der Waals surface area contributed by atoms with Gasteiger partial charge in [0.25, 0.3) is 0 Å². The molecule has 3 heterocycles. The molecule has 0 spiro atoms. The van der Waals surface area contributed by atoms with Crippen LogP contribution in [-0.4, -0.2) is 64.8 Å². The fourth-order valence-corrected chi connectivity index (χ4v) is 6.14. The molecule has 6 nitrogen and oxygen atoms in total. The molecule has 5 rings (SSSR count). The molecule has 4 aliphatic rings. The molecule has 7 atom stereocenters. The van der Waals surface area contributed by atoms with Crippen molar-refractivity contribution in [2.75, 3.05) is 19.7 Å². The Morgan fingerprint density at radius 1 is 1.25 bits per heavy atom. The number of likely N-dealkylation sites (tertiary alicyclic amines) is 2. The minimum Gasteiger partial charge on any atom is -0.355 e. The Balaban J connectivity index is 1.25. The van der Waals surface area contributed by atoms with Crippen LogP contribution in [0.3, 0.4) is 0 Å². The molecule has 1 aliphatic carbocycles. The monoisotopic (exact) mass is 439 g/mol. The Morgan fingerprint density at radius 3 is 2.69 bits per heavy atom. The Bertz CT molecular complexity index is 899. The number of benzene rings is 1. The highest BCUT2D eigenvalue weighted by Gasteiger charge is 2.53. The van der Waals surface area contributed by atoms with E-state index >= 15 is 0 Å². The lowest BCUT2D eigenvalue weighted by molar-refractivity contribution is -0.237. The third-order valence-electron chi connectivity index (χ3n) is 7.84. The second-order valence-electron chi connectivity index (χ2n) is 10.3. The maximum Gasteiger partial charge on any atom is 0.123 e. The molecule has 2 N–H and O–H groups in total. The highest BCUT2D eigenvalue weighted by molar-refractivity contribution is 5.23. The maximum absolute atomic E-state index is 13.5. The number of nitrogens with two attached hydrogens (primary N) is 1. The van der Waals surface area contributed by atoms with Crippen molar-refractivity contribution in [2.45, 2.75) is 69.4 Å². The molecule has 3 saturated heterocycles. The summed E-state index contributed by atoms with van der Waals surface area (Å²) in [5.41, 5.74) is 8.61. The summed E-state index contributed by atoms with van der Waals surface area (Å²) in [6.07, 6.45) is 3.16. The fraction of sp³-hybridized carbons (Fsp3) is 0.640. The maximum atomic E-state index is 13.5. The summed E-state index contributed by atoms with van der Waals surface area (Å²) in [6, 6.07) is 10.1. The predicted octanol–water partition coefficient (Wildman–Crippen LogP) is 3.04. The van der Waals surface area contributed by atoms with Crippen molar-refractivity contribution < 1.29 is 9.23 Å². The zero-order valence-electron chi connectivity index (χ0n) is 19.0. The van der Waals surface area contributed by atoms with E-state index in [0.29, 0.717) is 30.5 Å². The minimum absolute atomic E-state index is 0.0727. The van der Waals surface area contributed by atoms with Crippen LogP contribution in [-0.2, 0) is 4.84 Å². The molecule has 4 fully saturated rings. The molecule has 1 saturated carbocycles. The van der Waals surface area contributed by atoms with Crippen molar-refractivity contribution in [3.8, 4) is 6.07 Å². The van der Waals surface area contributed by atoms with Crippen LogP contribution < -0.4 is 5.73 Å². The van der Waals surface area contributed by atoms with Crippen molar-refractivity contribution in [1.29, 1.82) is 5.26 Å². The van der Waals surface area contributed by atoms with Crippen LogP contribution in [0.5, 0.6) is 0 Å². The lowest BCUT2D eigenvalue weighted by atomic mass is 9.94. The number of nitrogens with zero attached hydrogens (tertiary/aromatic N) is 4. The molecule has 7 heteroatoms. The molecule has 5 unspecified atom stereocenters. The van der Waals surface area contributed by atoms with Gasteiger partial charge in [0.1, 0.15) is 11.9 Å². The molecule has 2 bridgehead atoms. The van der Waals surface area contributed by atoms with Crippen LogP contribution in [0.25, 0.3) is 0 Å². The number of fused-ring (bicyclic) bond motifs is 3. The first-order valence-corrected chi connectivity index (χ1v) is 11.9. The highest BCUT2D eigenvalue weighted by atomic mass is 19.1. The average molecular weight is 440 g/mol. The van der Waals surface area contributed by atoms with Gasteiger partial charge in [-0.25, -0.2) is 4.39 Å². The molecule has 0 radical (unpaired) electrons. The van der Waals surface area contributed by atoms with Crippen LogP contribution in [0.15, 0.2) is 36.5 Å². The van der Waals surface area contributed by atoms with Gasteiger partial charge in [-0.3, -0.25) is 9.74 Å². The first-order valence-electron chi connectivity index (χ1n) is 11.9. The summed E-state index contributed by atoms with van der Waals surface area (Å²) in [6.45, 7) is 10.9. The van der Waals surface area contributed by atoms with Crippen molar-refractivity contribution in [3.05, 3.63) is 47.9 Å². The number of hydroxylamine groups is 2. The van der Waals surface area contributed by atoms with Gasteiger partial charge in [0.15, 0.2) is 0 Å². The largest absolute Gasteiger partial charge is 0.355 e. The second kappa shape index (κ2) is 8.42. The molecular weight excluding hydrogens is 405 g/mol. The van der Waals surface area contributed by atoms with Crippen LogP contribution in [0.4, 0.5) is 4.39 Å². The van der Waals surface area contributed by atoms with E-state index in [1.807, 2.05) is 12.1 Å². The number of hydrogen-bond acceptors (Lipinski definition) is 6. The summed E-state index contributed by atoms with van der Waals surface area (Å²) in [4.78, 5) is 10.9. The first-order chi connectivity index (χ1) is 15.4. The van der Waals surface area contributed by atoms with Gasteiger partial charge in [0, 0.05) is 30.9 Å². The zero-order chi connectivity index (χ0) is 22.6. The van der Waals surface area contributed by atoms with Gasteiger partial charge < -0.3 is 10.6 Å². The Kier molecular flexibility index (Phi) is 5.75. The van der Waals surface area contributed by atoms with Crippen LogP contribution >= 0.6 is 0 Å². The van der Waals surface area contributed by atoms with Gasteiger partial charge in [-0.15, -0.1) is 0 Å². The number of piperidine rings is 1. The number of hydrogen-bond donors (Lipinski definition) is 1. The third kappa shape index (κ3) is 3.84. The van der Waals surface area contributed by atoms with E-state index in [1.54, 1.807) is 0 Å². The fourth-order valence-electron chi connectivity index (χ4n) is 6.14. The molecule has 3 aliphatic heterocycles. The van der Waals surface area contributed by atoms with E-state index in [0.717, 1.165) is 37.2 Å². The van der Waals surface area contributed by atoms with E-state index < -0.39 is 0 Å². The minimum atomic E-state index is -0.216. The van der Waals surface area contributed by atoms with E-state index in [-0.39, 0.29) is 30.0 Å². The van der Waals surface area contributed by atoms with Crippen LogP contribution in [0, 0.1) is 29.0 Å². The van der Waals surface area contributed by atoms with E-state index in [2.05, 4.69) is 41.4 Å². The standard InChI is InChI=1S/C25H34FN5O/c1-15(2)25(17-4-6-19(26)7-5-17)31-21-10-22(14-32-31)29(12-21)13-23(28)16(3)30-20(11-27)8-18-9-24(18)30/h4-7,15,18,20-25H,3,8-10,12-14,28H2,1-2H3/t18?,20?,21-,22?,23?,24?,25-/m0/s1. The average Bonchev–Trinajstić information content (AvgIpc) is 3.32. The van der Waals surface area contributed by atoms with Crippen LogP contribution in [0.1, 0.15) is 44.7 Å². The summed E-state index contributed by atoms with van der Waals surface area (Å²) in [7, 11) is 0. The second-order valence-corrected chi connectivity index (χ2v) is 10.3. The van der Waals surface area contributed by atoms with Gasteiger partial charge in [-0.2, -0.15) is 10.3 Å². The van der Waals surface area contributed by atoms with Crippen molar-refractivity contribution in [2.24, 2.45) is 17.6 Å². The smallest absolute Gasteiger partial charge is 0.123 e. The molecule has 0 amide bonds. The predicted molar refractivity (Wildman–Crippen MR) is 120 cm³/mol. The molecule has 0 aromatic heterocycles. The van der Waals surface area contributed by atoms with E-state index in [4.69, 9.17) is 10.6 Å². The summed E-state index contributed by atoms with van der Waals surface area (Å²) in [5, 5.41) is 11.7. The molecule has 1 aromatic carbocycles.